The highest BCUT2D eigenvalue weighted by molar-refractivity contribution is 7.92. The van der Waals surface area contributed by atoms with Gasteiger partial charge in [-0.25, -0.2) is 13.4 Å². The number of nitrogens with one attached hydrogen (secondary N) is 3. The third-order valence-electron chi connectivity index (χ3n) is 6.63. The summed E-state index contributed by atoms with van der Waals surface area (Å²) >= 11 is 0. The maximum Gasteiger partial charge on any atom is 0.261 e. The van der Waals surface area contributed by atoms with Gasteiger partial charge in [0.05, 0.1) is 39.0 Å². The number of aromatic amines is 1. The normalized spacial score (nSPS) is 11.6. The van der Waals surface area contributed by atoms with Crippen molar-refractivity contribution in [2.45, 2.75) is 17.5 Å². The van der Waals surface area contributed by atoms with Crippen LogP contribution >= 0.6 is 0 Å². The molecule has 9 nitrogen and oxygen atoms in total. The van der Waals surface area contributed by atoms with Gasteiger partial charge in [-0.3, -0.25) is 20.0 Å². The molecule has 0 bridgehead atoms. The van der Waals surface area contributed by atoms with Gasteiger partial charge in [-0.05, 0) is 72.3 Å². The minimum Gasteiger partial charge on any atom is -0.508 e. The van der Waals surface area contributed by atoms with Gasteiger partial charge < -0.3 is 10.1 Å². The summed E-state index contributed by atoms with van der Waals surface area (Å²) in [7, 11) is -3.89. The monoisotopic (exact) mass is 562 g/mol. The van der Waals surface area contributed by atoms with Gasteiger partial charge in [0.25, 0.3) is 10.0 Å². The minimum absolute atomic E-state index is 0.0108. The number of phenolic OH excluding ortho intramolecular Hbond substituents is 1. The lowest BCUT2D eigenvalue weighted by Gasteiger charge is -2.18. The molecule has 0 aliphatic heterocycles. The van der Waals surface area contributed by atoms with Crippen LogP contribution in [0.5, 0.6) is 5.75 Å². The van der Waals surface area contributed by atoms with Crippen LogP contribution in [0, 0.1) is 0 Å². The summed E-state index contributed by atoms with van der Waals surface area (Å²) in [4.78, 5) is 17.4. The molecule has 0 radical (unpaired) electrons. The lowest BCUT2D eigenvalue weighted by Crippen LogP contribution is -2.24. The van der Waals surface area contributed by atoms with Gasteiger partial charge in [-0.1, -0.05) is 36.4 Å². The predicted octanol–water partition coefficient (Wildman–Crippen LogP) is 5.41. The van der Waals surface area contributed by atoms with Gasteiger partial charge in [0.15, 0.2) is 0 Å². The van der Waals surface area contributed by atoms with E-state index in [9.17, 15) is 13.5 Å². The second kappa shape index (κ2) is 11.2. The highest BCUT2D eigenvalue weighted by Crippen LogP contribution is 2.31. The zero-order valence-electron chi connectivity index (χ0n) is 21.8. The lowest BCUT2D eigenvalue weighted by atomic mass is 10.1. The van der Waals surface area contributed by atoms with Crippen molar-refractivity contribution in [3.63, 3.8) is 0 Å². The van der Waals surface area contributed by atoms with E-state index in [1.54, 1.807) is 24.5 Å². The first-order valence-corrected chi connectivity index (χ1v) is 14.4. The van der Waals surface area contributed by atoms with Gasteiger partial charge in [0.1, 0.15) is 11.6 Å². The van der Waals surface area contributed by atoms with E-state index in [1.165, 1.54) is 24.3 Å². The summed E-state index contributed by atoms with van der Waals surface area (Å²) in [6, 6.07) is 29.7. The van der Waals surface area contributed by atoms with Crippen molar-refractivity contribution in [3.05, 3.63) is 132 Å². The minimum atomic E-state index is -3.89. The number of nitrogens with zero attached hydrogens (tertiary/aromatic N) is 3. The second-order valence-corrected chi connectivity index (χ2v) is 11.0. The Morgan fingerprint density at radius 1 is 0.780 bits per heavy atom. The Kier molecular flexibility index (Phi) is 7.15. The molecule has 0 spiro atoms. The van der Waals surface area contributed by atoms with Crippen LogP contribution < -0.4 is 10.0 Å². The van der Waals surface area contributed by atoms with Crippen molar-refractivity contribution in [1.82, 2.24) is 25.3 Å². The zero-order chi connectivity index (χ0) is 28.2. The predicted molar refractivity (Wildman–Crippen MR) is 158 cm³/mol. The van der Waals surface area contributed by atoms with Gasteiger partial charge in [-0.2, -0.15) is 0 Å². The molecule has 3 aromatic heterocycles. The first-order valence-electron chi connectivity index (χ1n) is 12.9. The summed E-state index contributed by atoms with van der Waals surface area (Å²) in [6.45, 7) is 0.495. The number of fused-ring (bicyclic) bond motifs is 1. The molecule has 0 fully saturated rings. The van der Waals surface area contributed by atoms with Crippen LogP contribution in [0.3, 0.4) is 0 Å². The standard InChI is InChI=1S/C31H26N6O3S/c38-22-14-16-23(17-15-22)41(39,40)37-25-10-2-1-9-24(25)31-35-28-13-7-8-21(29(28)36-31)20-34-30(26-11-3-5-18-32-26)27-12-4-6-19-33-27/h1-19,30,34,37-38H,20H2,(H,35,36). The Morgan fingerprint density at radius 3 is 2.15 bits per heavy atom. The number of sulfonamides is 1. The Labute approximate surface area is 237 Å². The first-order chi connectivity index (χ1) is 20.0. The third kappa shape index (κ3) is 5.65. The van der Waals surface area contributed by atoms with E-state index in [1.807, 2.05) is 66.7 Å². The molecule has 0 aliphatic carbocycles. The van der Waals surface area contributed by atoms with Crippen molar-refractivity contribution < 1.29 is 13.5 Å². The largest absolute Gasteiger partial charge is 0.508 e. The quantitative estimate of drug-likeness (QED) is 0.185. The SMILES string of the molecule is O=S(=O)(Nc1ccccc1-c1nc2c(CNC(c3ccccn3)c3ccccn3)cccc2[nH]1)c1ccc(O)cc1. The second-order valence-electron chi connectivity index (χ2n) is 9.37. The van der Waals surface area contributed by atoms with E-state index in [-0.39, 0.29) is 16.7 Å². The molecular weight excluding hydrogens is 536 g/mol. The topological polar surface area (TPSA) is 133 Å². The fourth-order valence-corrected chi connectivity index (χ4v) is 5.72. The number of aromatic hydroxyl groups is 1. The molecule has 6 rings (SSSR count). The van der Waals surface area contributed by atoms with Gasteiger partial charge in [-0.15, -0.1) is 0 Å². The Hall–Kier alpha value is -5.06. The van der Waals surface area contributed by atoms with Crippen molar-refractivity contribution in [3.8, 4) is 17.1 Å². The molecule has 41 heavy (non-hydrogen) atoms. The maximum atomic E-state index is 13.1. The number of rotatable bonds is 9. The number of pyridine rings is 2. The van der Waals surface area contributed by atoms with Gasteiger partial charge in [0, 0.05) is 24.5 Å². The molecule has 204 valence electrons. The number of para-hydroxylation sites is 2. The van der Waals surface area contributed by atoms with E-state index in [0.29, 0.717) is 23.6 Å². The Morgan fingerprint density at radius 2 is 1.46 bits per heavy atom. The summed E-state index contributed by atoms with van der Waals surface area (Å²) in [5.41, 5.74) is 5.25. The number of imidazole rings is 1. The fraction of sp³-hybridized carbons (Fsp3) is 0.0645. The molecular formula is C31H26N6O3S. The molecule has 0 atom stereocenters. The Bertz CT molecular complexity index is 1850. The molecule has 3 aromatic carbocycles. The van der Waals surface area contributed by atoms with Gasteiger partial charge in [0.2, 0.25) is 0 Å². The third-order valence-corrected chi connectivity index (χ3v) is 8.01. The molecule has 6 aromatic rings. The molecule has 0 saturated heterocycles. The summed E-state index contributed by atoms with van der Waals surface area (Å²) in [5.74, 6) is 0.519. The number of H-pyrrole nitrogens is 1. The molecule has 0 amide bonds. The van der Waals surface area contributed by atoms with Crippen molar-refractivity contribution in [2.75, 3.05) is 4.72 Å². The van der Waals surface area contributed by atoms with Crippen LogP contribution in [0.15, 0.2) is 120 Å². The Balaban J connectivity index is 1.31. The van der Waals surface area contributed by atoms with Crippen LogP contribution in [0.1, 0.15) is 23.0 Å². The molecule has 4 N–H and O–H groups in total. The molecule has 0 unspecified atom stereocenters. The number of benzene rings is 3. The van der Waals surface area contributed by atoms with Crippen molar-refractivity contribution >= 4 is 26.7 Å². The molecule has 3 heterocycles. The number of anilines is 1. The highest BCUT2D eigenvalue weighted by atomic mass is 32.2. The maximum absolute atomic E-state index is 13.1. The number of phenols is 1. The van der Waals surface area contributed by atoms with Crippen LogP contribution in [0.2, 0.25) is 0 Å². The highest BCUT2D eigenvalue weighted by Gasteiger charge is 2.20. The van der Waals surface area contributed by atoms with E-state index in [4.69, 9.17) is 4.98 Å². The number of aromatic nitrogens is 4. The van der Waals surface area contributed by atoms with E-state index in [0.717, 1.165) is 28.0 Å². The molecule has 10 heteroatoms. The van der Waals surface area contributed by atoms with E-state index < -0.39 is 10.0 Å². The fourth-order valence-electron chi connectivity index (χ4n) is 4.64. The van der Waals surface area contributed by atoms with E-state index in [2.05, 4.69) is 25.0 Å². The van der Waals surface area contributed by atoms with Gasteiger partial charge >= 0.3 is 0 Å². The average molecular weight is 563 g/mol. The summed E-state index contributed by atoms with van der Waals surface area (Å²) < 4.78 is 28.8. The number of hydrogen-bond acceptors (Lipinski definition) is 7. The summed E-state index contributed by atoms with van der Waals surface area (Å²) in [5, 5.41) is 13.1. The first kappa shape index (κ1) is 26.2. The molecule has 0 aliphatic rings. The average Bonchev–Trinajstić information content (AvgIpc) is 3.44. The molecule has 0 saturated carbocycles. The van der Waals surface area contributed by atoms with Crippen LogP contribution in [0.25, 0.3) is 22.4 Å². The van der Waals surface area contributed by atoms with Crippen molar-refractivity contribution in [1.29, 1.82) is 0 Å². The zero-order valence-corrected chi connectivity index (χ0v) is 22.6. The van der Waals surface area contributed by atoms with Crippen molar-refractivity contribution in [2.24, 2.45) is 0 Å². The smallest absolute Gasteiger partial charge is 0.261 e. The van der Waals surface area contributed by atoms with Crippen LogP contribution in [0.4, 0.5) is 5.69 Å². The summed E-state index contributed by atoms with van der Waals surface area (Å²) in [6.07, 6.45) is 3.53. The van der Waals surface area contributed by atoms with Crippen LogP contribution in [-0.4, -0.2) is 33.5 Å². The number of hydrogen-bond donors (Lipinski definition) is 4. The van der Waals surface area contributed by atoms with E-state index >= 15 is 0 Å². The lowest BCUT2D eigenvalue weighted by molar-refractivity contribution is 0.475. The van der Waals surface area contributed by atoms with Crippen LogP contribution in [-0.2, 0) is 16.6 Å².